The zero-order valence-electron chi connectivity index (χ0n) is 13.8. The molecule has 0 amide bonds. The molecule has 0 bridgehead atoms. The summed E-state index contributed by atoms with van der Waals surface area (Å²) in [7, 11) is -1.21. The Morgan fingerprint density at radius 1 is 0.905 bits per heavy atom. The minimum atomic E-state index is -1.21. The van der Waals surface area contributed by atoms with Gasteiger partial charge < -0.3 is 4.74 Å². The second-order valence-corrected chi connectivity index (χ2v) is 12.0. The minimum absolute atomic E-state index is 0.482. The molecule has 2 aromatic carbocycles. The zero-order valence-corrected chi connectivity index (χ0v) is 14.8. The molecular formula is C19H26OSi. The predicted molar refractivity (Wildman–Crippen MR) is 94.3 cm³/mol. The fraction of sp³-hybridized carbons (Fsp3) is 0.368. The molecule has 0 saturated carbocycles. The lowest BCUT2D eigenvalue weighted by atomic mass is 10.0. The number of hydrogen-bond acceptors (Lipinski definition) is 1. The highest BCUT2D eigenvalue weighted by molar-refractivity contribution is 6.88. The Hall–Kier alpha value is -1.54. The summed E-state index contributed by atoms with van der Waals surface area (Å²) in [6, 6.07) is 17.2. The Morgan fingerprint density at radius 2 is 1.52 bits per heavy atom. The fourth-order valence-electron chi connectivity index (χ4n) is 2.35. The van der Waals surface area contributed by atoms with Gasteiger partial charge in [-0.05, 0) is 23.1 Å². The monoisotopic (exact) mass is 298 g/mol. The van der Waals surface area contributed by atoms with Crippen molar-refractivity contribution in [1.29, 1.82) is 0 Å². The van der Waals surface area contributed by atoms with Crippen LogP contribution in [0.3, 0.4) is 0 Å². The highest BCUT2D eigenvalue weighted by Gasteiger charge is 2.15. The maximum Gasteiger partial charge on any atom is 0.123 e. The minimum Gasteiger partial charge on any atom is -0.489 e. The van der Waals surface area contributed by atoms with Crippen LogP contribution in [0.15, 0.2) is 48.5 Å². The Labute approximate surface area is 130 Å². The largest absolute Gasteiger partial charge is 0.489 e. The van der Waals surface area contributed by atoms with E-state index >= 15 is 0 Å². The molecule has 0 fully saturated rings. The third-order valence-corrected chi connectivity index (χ3v) is 5.82. The van der Waals surface area contributed by atoms with Crippen LogP contribution in [0.4, 0.5) is 0 Å². The second kappa shape index (κ2) is 6.48. The lowest BCUT2D eigenvalue weighted by Crippen LogP contribution is -2.37. The van der Waals surface area contributed by atoms with Crippen molar-refractivity contribution in [2.24, 2.45) is 0 Å². The van der Waals surface area contributed by atoms with Gasteiger partial charge in [-0.3, -0.25) is 0 Å². The molecule has 0 atom stereocenters. The van der Waals surface area contributed by atoms with Gasteiger partial charge in [-0.2, -0.15) is 0 Å². The van der Waals surface area contributed by atoms with E-state index in [4.69, 9.17) is 4.74 Å². The quantitative estimate of drug-likeness (QED) is 0.711. The van der Waals surface area contributed by atoms with E-state index in [1.807, 2.05) is 6.07 Å². The first-order chi connectivity index (χ1) is 9.88. The molecule has 0 saturated heterocycles. The predicted octanol–water partition coefficient (Wildman–Crippen LogP) is 4.93. The molecule has 0 radical (unpaired) electrons. The van der Waals surface area contributed by atoms with Crippen LogP contribution >= 0.6 is 0 Å². The van der Waals surface area contributed by atoms with Crippen molar-refractivity contribution in [3.63, 3.8) is 0 Å². The van der Waals surface area contributed by atoms with E-state index in [9.17, 15) is 0 Å². The van der Waals surface area contributed by atoms with Gasteiger partial charge in [0.1, 0.15) is 12.4 Å². The van der Waals surface area contributed by atoms with Gasteiger partial charge in [-0.25, -0.2) is 0 Å². The number of hydrogen-bond donors (Lipinski definition) is 0. The Kier molecular flexibility index (Phi) is 4.89. The summed E-state index contributed by atoms with van der Waals surface area (Å²) >= 11 is 0. The standard InChI is InChI=1S/C19H26OSi/c1-15(2)18-8-6-7-9-19(18)20-14-16-10-12-17(13-11-16)21(3,4)5/h6-13,15H,14H2,1-5H3. The number of ether oxygens (including phenoxy) is 1. The van der Waals surface area contributed by atoms with E-state index in [-0.39, 0.29) is 0 Å². The van der Waals surface area contributed by atoms with Gasteiger partial charge in [-0.15, -0.1) is 0 Å². The highest BCUT2D eigenvalue weighted by atomic mass is 28.3. The molecule has 0 N–H and O–H groups in total. The van der Waals surface area contributed by atoms with Crippen LogP contribution in [-0.4, -0.2) is 8.07 Å². The molecule has 0 unspecified atom stereocenters. The second-order valence-electron chi connectivity index (χ2n) is 6.93. The summed E-state index contributed by atoms with van der Waals surface area (Å²) < 4.78 is 6.02. The number of para-hydroxylation sites is 1. The van der Waals surface area contributed by atoms with Crippen molar-refractivity contribution < 1.29 is 4.74 Å². The molecule has 0 aliphatic carbocycles. The van der Waals surface area contributed by atoms with Crippen LogP contribution in [0.1, 0.15) is 30.9 Å². The normalized spacial score (nSPS) is 11.7. The lowest BCUT2D eigenvalue weighted by molar-refractivity contribution is 0.302. The molecule has 2 heteroatoms. The van der Waals surface area contributed by atoms with Crippen LogP contribution in [0, 0.1) is 0 Å². The fourth-order valence-corrected chi connectivity index (χ4v) is 3.52. The van der Waals surface area contributed by atoms with E-state index in [1.165, 1.54) is 16.3 Å². The van der Waals surface area contributed by atoms with E-state index < -0.39 is 8.07 Å². The maximum absolute atomic E-state index is 6.02. The van der Waals surface area contributed by atoms with E-state index in [0.29, 0.717) is 12.5 Å². The summed E-state index contributed by atoms with van der Waals surface area (Å²) in [5.74, 6) is 1.48. The Bertz CT molecular complexity index is 579. The van der Waals surface area contributed by atoms with Crippen LogP contribution in [-0.2, 0) is 6.61 Å². The molecule has 2 aromatic rings. The van der Waals surface area contributed by atoms with Gasteiger partial charge in [0.2, 0.25) is 0 Å². The molecule has 2 rings (SSSR count). The number of benzene rings is 2. The first kappa shape index (κ1) is 15.8. The highest BCUT2D eigenvalue weighted by Crippen LogP contribution is 2.26. The number of rotatable bonds is 5. The molecular weight excluding hydrogens is 272 g/mol. The molecule has 0 spiro atoms. The van der Waals surface area contributed by atoms with Gasteiger partial charge in [0, 0.05) is 0 Å². The summed E-state index contributed by atoms with van der Waals surface area (Å²) in [6.45, 7) is 12.2. The zero-order chi connectivity index (χ0) is 15.5. The summed E-state index contributed by atoms with van der Waals surface area (Å²) in [4.78, 5) is 0. The van der Waals surface area contributed by atoms with Crippen LogP contribution in [0.25, 0.3) is 0 Å². The average Bonchev–Trinajstić information content (AvgIpc) is 2.45. The summed E-state index contributed by atoms with van der Waals surface area (Å²) in [5.41, 5.74) is 2.51. The molecule has 0 aliphatic heterocycles. The molecule has 0 aliphatic rings. The van der Waals surface area contributed by atoms with Crippen molar-refractivity contribution in [3.8, 4) is 5.75 Å². The summed E-state index contributed by atoms with van der Waals surface area (Å²) in [5, 5.41) is 1.49. The molecule has 0 aromatic heterocycles. The van der Waals surface area contributed by atoms with Crippen LogP contribution in [0.5, 0.6) is 5.75 Å². The molecule has 0 heterocycles. The third-order valence-electron chi connectivity index (χ3n) is 3.76. The first-order valence-corrected chi connectivity index (χ1v) is 11.2. The summed E-state index contributed by atoms with van der Waals surface area (Å²) in [6.07, 6.45) is 0. The van der Waals surface area contributed by atoms with Gasteiger partial charge in [-0.1, -0.05) is 81.1 Å². The first-order valence-electron chi connectivity index (χ1n) is 7.69. The van der Waals surface area contributed by atoms with Crippen molar-refractivity contribution in [3.05, 3.63) is 59.7 Å². The van der Waals surface area contributed by atoms with Gasteiger partial charge >= 0.3 is 0 Å². The van der Waals surface area contributed by atoms with Gasteiger partial charge in [0.25, 0.3) is 0 Å². The van der Waals surface area contributed by atoms with E-state index in [0.717, 1.165) is 5.75 Å². The van der Waals surface area contributed by atoms with Crippen molar-refractivity contribution in [1.82, 2.24) is 0 Å². The van der Waals surface area contributed by atoms with Crippen LogP contribution < -0.4 is 9.92 Å². The van der Waals surface area contributed by atoms with Crippen molar-refractivity contribution in [2.75, 3.05) is 0 Å². The smallest absolute Gasteiger partial charge is 0.123 e. The van der Waals surface area contributed by atoms with Gasteiger partial charge in [0.05, 0.1) is 8.07 Å². The lowest BCUT2D eigenvalue weighted by Gasteiger charge is -2.17. The van der Waals surface area contributed by atoms with Crippen molar-refractivity contribution in [2.45, 2.75) is 46.0 Å². The molecule has 112 valence electrons. The molecule has 1 nitrogen and oxygen atoms in total. The SMILES string of the molecule is CC(C)c1ccccc1OCc1ccc([Si](C)(C)C)cc1. The van der Waals surface area contributed by atoms with Crippen molar-refractivity contribution >= 4 is 13.3 Å². The third kappa shape index (κ3) is 4.21. The van der Waals surface area contributed by atoms with Crippen LogP contribution in [0.2, 0.25) is 19.6 Å². The maximum atomic E-state index is 6.02. The average molecular weight is 299 g/mol. The molecule has 21 heavy (non-hydrogen) atoms. The Balaban J connectivity index is 2.07. The topological polar surface area (TPSA) is 9.23 Å². The Morgan fingerprint density at radius 3 is 2.10 bits per heavy atom. The van der Waals surface area contributed by atoms with E-state index in [1.54, 1.807) is 0 Å². The van der Waals surface area contributed by atoms with E-state index in [2.05, 4.69) is 76.0 Å². The van der Waals surface area contributed by atoms with Gasteiger partial charge in [0.15, 0.2) is 0 Å².